The predicted molar refractivity (Wildman–Crippen MR) is 114 cm³/mol. The molecule has 1 aliphatic heterocycles. The highest BCUT2D eigenvalue weighted by atomic mass is 32.1. The normalized spacial score (nSPS) is 12.7. The lowest BCUT2D eigenvalue weighted by Gasteiger charge is -2.18. The fourth-order valence-corrected chi connectivity index (χ4v) is 4.72. The van der Waals surface area contributed by atoms with Gasteiger partial charge in [-0.3, -0.25) is 4.68 Å². The highest BCUT2D eigenvalue weighted by molar-refractivity contribution is 7.17. The smallest absolute Gasteiger partial charge is 0.348 e. The van der Waals surface area contributed by atoms with Gasteiger partial charge in [0, 0.05) is 29.1 Å². The van der Waals surface area contributed by atoms with E-state index in [1.165, 1.54) is 22.7 Å². The van der Waals surface area contributed by atoms with Crippen molar-refractivity contribution >= 4 is 28.6 Å². The minimum absolute atomic E-state index is 0.132. The van der Waals surface area contributed by atoms with Crippen LogP contribution in [0.2, 0.25) is 0 Å². The molecule has 7 nitrogen and oxygen atoms in total. The molecule has 0 saturated carbocycles. The van der Waals surface area contributed by atoms with Gasteiger partial charge in [-0.15, -0.1) is 22.7 Å². The highest BCUT2D eigenvalue weighted by Crippen LogP contribution is 2.37. The van der Waals surface area contributed by atoms with E-state index in [4.69, 9.17) is 14.2 Å². The van der Waals surface area contributed by atoms with Gasteiger partial charge in [-0.05, 0) is 35.9 Å². The summed E-state index contributed by atoms with van der Waals surface area (Å²) >= 11 is 2.89. The van der Waals surface area contributed by atoms with Gasteiger partial charge < -0.3 is 14.2 Å². The third kappa shape index (κ3) is 3.81. The zero-order chi connectivity index (χ0) is 20.5. The second kappa shape index (κ2) is 7.92. The Balaban J connectivity index is 1.24. The van der Waals surface area contributed by atoms with E-state index in [9.17, 15) is 4.79 Å². The summed E-state index contributed by atoms with van der Waals surface area (Å²) in [4.78, 5) is 18.5. The van der Waals surface area contributed by atoms with Crippen molar-refractivity contribution in [1.82, 2.24) is 14.8 Å². The van der Waals surface area contributed by atoms with Gasteiger partial charge in [0.05, 0.1) is 11.9 Å². The molecule has 1 aromatic carbocycles. The van der Waals surface area contributed by atoms with Crippen LogP contribution < -0.4 is 9.47 Å². The topological polar surface area (TPSA) is 75.5 Å². The number of hydrogen-bond donors (Lipinski definition) is 0. The minimum atomic E-state index is -0.361. The number of rotatable bonds is 5. The fourth-order valence-electron chi connectivity index (χ4n) is 3.05. The number of fused-ring (bicyclic) bond motifs is 1. The van der Waals surface area contributed by atoms with Gasteiger partial charge in [-0.2, -0.15) is 5.10 Å². The van der Waals surface area contributed by atoms with Crippen LogP contribution in [0, 0.1) is 0 Å². The molecule has 1 aliphatic rings. The third-order valence-corrected chi connectivity index (χ3v) is 6.54. The van der Waals surface area contributed by atoms with Crippen LogP contribution >= 0.6 is 22.7 Å². The van der Waals surface area contributed by atoms with E-state index < -0.39 is 0 Å². The zero-order valence-corrected chi connectivity index (χ0v) is 17.7. The van der Waals surface area contributed by atoms with Crippen LogP contribution in [0.25, 0.3) is 21.0 Å². The first-order chi connectivity index (χ1) is 14.7. The Morgan fingerprint density at radius 3 is 2.87 bits per heavy atom. The van der Waals surface area contributed by atoms with Crippen LogP contribution in [-0.4, -0.2) is 33.9 Å². The molecule has 0 amide bonds. The largest absolute Gasteiger partial charge is 0.486 e. The summed E-state index contributed by atoms with van der Waals surface area (Å²) in [6.07, 6.45) is 3.67. The molecule has 0 spiro atoms. The van der Waals surface area contributed by atoms with E-state index in [0.717, 1.165) is 38.2 Å². The SMILES string of the molecule is Cn1cc(-c2nc(COC(=O)c3ccc(-c4ccc5c(c4)OCCO5)s3)cs2)cn1. The molecule has 4 heterocycles. The standard InChI is InChI=1S/C21H17N3O4S2/c1-24-10-14(9-22-24)20-23-15(12-29-20)11-28-21(25)19-5-4-18(30-19)13-2-3-16-17(8-13)27-7-6-26-16/h2-5,8-10,12H,6-7,11H2,1H3. The van der Waals surface area contributed by atoms with Crippen molar-refractivity contribution in [3.63, 3.8) is 0 Å². The molecule has 152 valence electrons. The predicted octanol–water partition coefficient (Wildman–Crippen LogP) is 4.40. The number of esters is 1. The number of carbonyl (C=O) groups excluding carboxylic acids is 1. The second-order valence-corrected chi connectivity index (χ2v) is 8.59. The van der Waals surface area contributed by atoms with E-state index in [1.54, 1.807) is 16.9 Å². The Kier molecular flexibility index (Phi) is 4.97. The van der Waals surface area contributed by atoms with Crippen LogP contribution in [0.4, 0.5) is 0 Å². The molecule has 9 heteroatoms. The number of aryl methyl sites for hydroxylation is 1. The van der Waals surface area contributed by atoms with Gasteiger partial charge in [0.1, 0.15) is 29.7 Å². The first-order valence-electron chi connectivity index (χ1n) is 9.26. The Hall–Kier alpha value is -3.17. The Labute approximate surface area is 180 Å². The molecule has 0 atom stereocenters. The van der Waals surface area contributed by atoms with E-state index in [-0.39, 0.29) is 12.6 Å². The molecule has 30 heavy (non-hydrogen) atoms. The molecule has 0 fully saturated rings. The number of benzene rings is 1. The van der Waals surface area contributed by atoms with Gasteiger partial charge in [0.15, 0.2) is 11.5 Å². The van der Waals surface area contributed by atoms with E-state index in [1.807, 2.05) is 42.9 Å². The van der Waals surface area contributed by atoms with Gasteiger partial charge in [-0.25, -0.2) is 9.78 Å². The summed E-state index contributed by atoms with van der Waals surface area (Å²) in [7, 11) is 1.86. The minimum Gasteiger partial charge on any atom is -0.486 e. The molecular weight excluding hydrogens is 422 g/mol. The van der Waals surface area contributed by atoms with Crippen molar-refractivity contribution in [3.8, 4) is 32.5 Å². The summed E-state index contributed by atoms with van der Waals surface area (Å²) in [5, 5.41) is 6.90. The number of aromatic nitrogens is 3. The molecule has 0 aliphatic carbocycles. The number of ether oxygens (including phenoxy) is 3. The maximum absolute atomic E-state index is 12.5. The van der Waals surface area contributed by atoms with E-state index >= 15 is 0 Å². The molecule has 0 radical (unpaired) electrons. The first-order valence-corrected chi connectivity index (χ1v) is 11.0. The molecule has 3 aromatic heterocycles. The average molecular weight is 440 g/mol. The maximum Gasteiger partial charge on any atom is 0.348 e. The molecule has 0 saturated heterocycles. The Morgan fingerprint density at radius 2 is 2.03 bits per heavy atom. The van der Waals surface area contributed by atoms with Crippen molar-refractivity contribution < 1.29 is 19.0 Å². The van der Waals surface area contributed by atoms with E-state index in [2.05, 4.69) is 10.1 Å². The van der Waals surface area contributed by atoms with Gasteiger partial charge in [0.2, 0.25) is 0 Å². The number of nitrogens with zero attached hydrogens (tertiary/aromatic N) is 3. The van der Waals surface area contributed by atoms with Gasteiger partial charge in [0.25, 0.3) is 0 Å². The summed E-state index contributed by atoms with van der Waals surface area (Å²) in [5.74, 6) is 1.11. The van der Waals surface area contributed by atoms with Crippen LogP contribution in [0.5, 0.6) is 11.5 Å². The number of carbonyl (C=O) groups is 1. The molecule has 0 unspecified atom stereocenters. The average Bonchev–Trinajstić information content (AvgIpc) is 3.52. The van der Waals surface area contributed by atoms with E-state index in [0.29, 0.717) is 18.1 Å². The summed E-state index contributed by atoms with van der Waals surface area (Å²) in [5.41, 5.74) is 2.64. The fraction of sp³-hybridized carbons (Fsp3) is 0.190. The number of thiazole rings is 1. The number of thiophene rings is 1. The quantitative estimate of drug-likeness (QED) is 0.429. The lowest BCUT2D eigenvalue weighted by molar-refractivity contribution is 0.0474. The third-order valence-electron chi connectivity index (χ3n) is 4.49. The van der Waals surface area contributed by atoms with Crippen molar-refractivity contribution in [1.29, 1.82) is 0 Å². The lowest BCUT2D eigenvalue weighted by atomic mass is 10.1. The van der Waals surface area contributed by atoms with Crippen LogP contribution in [0.1, 0.15) is 15.4 Å². The first kappa shape index (κ1) is 18.8. The van der Waals surface area contributed by atoms with Crippen LogP contribution in [-0.2, 0) is 18.4 Å². The Bertz CT molecular complexity index is 1210. The number of hydrogen-bond acceptors (Lipinski definition) is 8. The highest BCUT2D eigenvalue weighted by Gasteiger charge is 2.16. The maximum atomic E-state index is 12.5. The molecule has 5 rings (SSSR count). The summed E-state index contributed by atoms with van der Waals surface area (Å²) < 4.78 is 18.4. The van der Waals surface area contributed by atoms with Crippen molar-refractivity contribution in [2.75, 3.05) is 13.2 Å². The van der Waals surface area contributed by atoms with Crippen molar-refractivity contribution in [3.05, 3.63) is 58.7 Å². The van der Waals surface area contributed by atoms with Crippen molar-refractivity contribution in [2.45, 2.75) is 6.61 Å². The molecule has 0 bridgehead atoms. The van der Waals surface area contributed by atoms with Crippen LogP contribution in [0.15, 0.2) is 48.1 Å². The summed E-state index contributed by atoms with van der Waals surface area (Å²) in [6.45, 7) is 1.23. The summed E-state index contributed by atoms with van der Waals surface area (Å²) in [6, 6.07) is 9.48. The van der Waals surface area contributed by atoms with Gasteiger partial charge in [-0.1, -0.05) is 0 Å². The van der Waals surface area contributed by atoms with Gasteiger partial charge >= 0.3 is 5.97 Å². The Morgan fingerprint density at radius 1 is 1.17 bits per heavy atom. The zero-order valence-electron chi connectivity index (χ0n) is 16.0. The molecule has 0 N–H and O–H groups in total. The molecular formula is C21H17N3O4S2. The molecule has 4 aromatic rings. The van der Waals surface area contributed by atoms with Crippen molar-refractivity contribution in [2.24, 2.45) is 7.05 Å². The monoisotopic (exact) mass is 439 g/mol. The lowest BCUT2D eigenvalue weighted by Crippen LogP contribution is -2.15. The van der Waals surface area contributed by atoms with Crippen LogP contribution in [0.3, 0.4) is 0 Å². The second-order valence-electron chi connectivity index (χ2n) is 6.65.